The maximum Gasteiger partial charge on any atom is 0.178 e. The van der Waals surface area contributed by atoms with E-state index in [1.165, 1.54) is 0 Å². The number of aromatic amines is 1. The van der Waals surface area contributed by atoms with Gasteiger partial charge in [0.2, 0.25) is 0 Å². The van der Waals surface area contributed by atoms with Crippen molar-refractivity contribution in [2.75, 3.05) is 5.73 Å². The Kier molecular flexibility index (Phi) is 2.30. The summed E-state index contributed by atoms with van der Waals surface area (Å²) in [4.78, 5) is 12.1. The minimum atomic E-state index is 0.728. The SMILES string of the molecule is Cc1ccc2[nH]c(-c3cccc(C)c3N)nc2n1. The molecule has 4 nitrogen and oxygen atoms in total. The highest BCUT2D eigenvalue weighted by Crippen LogP contribution is 2.27. The van der Waals surface area contributed by atoms with Crippen LogP contribution >= 0.6 is 0 Å². The minimum Gasteiger partial charge on any atom is -0.398 e. The van der Waals surface area contributed by atoms with Gasteiger partial charge in [0.15, 0.2) is 5.65 Å². The second kappa shape index (κ2) is 3.84. The standard InChI is InChI=1S/C14H14N4/c1-8-4-3-5-10(12(8)15)13-17-11-7-6-9(2)16-14(11)18-13/h3-7H,15H2,1-2H3,(H,16,17,18). The smallest absolute Gasteiger partial charge is 0.178 e. The van der Waals surface area contributed by atoms with Crippen molar-refractivity contribution in [3.8, 4) is 11.4 Å². The Morgan fingerprint density at radius 3 is 2.72 bits per heavy atom. The van der Waals surface area contributed by atoms with E-state index in [2.05, 4.69) is 15.0 Å². The number of benzene rings is 1. The normalized spacial score (nSPS) is 11.0. The Morgan fingerprint density at radius 1 is 1.06 bits per heavy atom. The summed E-state index contributed by atoms with van der Waals surface area (Å²) in [5.74, 6) is 0.768. The van der Waals surface area contributed by atoms with Gasteiger partial charge in [0.25, 0.3) is 0 Å². The molecule has 0 spiro atoms. The Balaban J connectivity index is 2.22. The summed E-state index contributed by atoms with van der Waals surface area (Å²) in [6, 6.07) is 9.88. The van der Waals surface area contributed by atoms with Crippen LogP contribution in [0.1, 0.15) is 11.3 Å². The zero-order valence-electron chi connectivity index (χ0n) is 10.4. The molecule has 0 saturated carbocycles. The van der Waals surface area contributed by atoms with Gasteiger partial charge in [-0.2, -0.15) is 0 Å². The van der Waals surface area contributed by atoms with E-state index >= 15 is 0 Å². The lowest BCUT2D eigenvalue weighted by molar-refractivity contribution is 1.22. The van der Waals surface area contributed by atoms with Gasteiger partial charge in [0.05, 0.1) is 5.52 Å². The number of fused-ring (bicyclic) bond motifs is 1. The van der Waals surface area contributed by atoms with Crippen molar-refractivity contribution < 1.29 is 0 Å². The van der Waals surface area contributed by atoms with Crippen LogP contribution in [0.25, 0.3) is 22.6 Å². The van der Waals surface area contributed by atoms with Crippen LogP contribution in [0.2, 0.25) is 0 Å². The average molecular weight is 238 g/mol. The maximum absolute atomic E-state index is 6.09. The molecule has 0 aliphatic heterocycles. The van der Waals surface area contributed by atoms with Crippen LogP contribution in [0.5, 0.6) is 0 Å². The van der Waals surface area contributed by atoms with Crippen LogP contribution in [0, 0.1) is 13.8 Å². The fourth-order valence-electron chi connectivity index (χ4n) is 2.00. The maximum atomic E-state index is 6.09. The van der Waals surface area contributed by atoms with Crippen molar-refractivity contribution in [2.24, 2.45) is 0 Å². The van der Waals surface area contributed by atoms with E-state index in [1.54, 1.807) is 0 Å². The number of para-hydroxylation sites is 1. The first-order valence-electron chi connectivity index (χ1n) is 5.84. The van der Waals surface area contributed by atoms with Gasteiger partial charge in [-0.25, -0.2) is 9.97 Å². The largest absolute Gasteiger partial charge is 0.398 e. The predicted molar refractivity (Wildman–Crippen MR) is 73.2 cm³/mol. The molecule has 0 fully saturated rings. The number of aromatic nitrogens is 3. The van der Waals surface area contributed by atoms with Gasteiger partial charge in [0.1, 0.15) is 5.82 Å². The molecule has 3 N–H and O–H groups in total. The summed E-state index contributed by atoms with van der Waals surface area (Å²) in [5, 5.41) is 0. The van der Waals surface area contributed by atoms with Crippen molar-refractivity contribution in [3.05, 3.63) is 41.6 Å². The first-order chi connectivity index (χ1) is 8.65. The number of rotatable bonds is 1. The molecule has 0 atom stereocenters. The summed E-state index contributed by atoms with van der Waals surface area (Å²) < 4.78 is 0. The third kappa shape index (κ3) is 1.62. The Hall–Kier alpha value is -2.36. The van der Waals surface area contributed by atoms with Crippen molar-refractivity contribution in [2.45, 2.75) is 13.8 Å². The number of nitrogens with two attached hydrogens (primary N) is 1. The molecule has 0 radical (unpaired) electrons. The highest BCUT2D eigenvalue weighted by atomic mass is 15.0. The fourth-order valence-corrected chi connectivity index (χ4v) is 2.00. The second-order valence-corrected chi connectivity index (χ2v) is 4.45. The number of H-pyrrole nitrogens is 1. The van der Waals surface area contributed by atoms with Crippen molar-refractivity contribution in [1.29, 1.82) is 0 Å². The van der Waals surface area contributed by atoms with Gasteiger partial charge in [-0.3, -0.25) is 0 Å². The first-order valence-corrected chi connectivity index (χ1v) is 5.84. The number of nitrogens with zero attached hydrogens (tertiary/aromatic N) is 2. The van der Waals surface area contributed by atoms with Gasteiger partial charge < -0.3 is 10.7 Å². The number of aryl methyl sites for hydroxylation is 2. The summed E-state index contributed by atoms with van der Waals surface area (Å²) in [7, 11) is 0. The van der Waals surface area contributed by atoms with Gasteiger partial charge in [-0.1, -0.05) is 12.1 Å². The third-order valence-electron chi connectivity index (χ3n) is 3.06. The molecule has 3 aromatic rings. The number of nitrogens with one attached hydrogen (secondary N) is 1. The molecule has 1 aromatic carbocycles. The lowest BCUT2D eigenvalue weighted by Crippen LogP contribution is -1.94. The predicted octanol–water partition coefficient (Wildman–Crippen LogP) is 2.82. The lowest BCUT2D eigenvalue weighted by Gasteiger charge is -2.04. The minimum absolute atomic E-state index is 0.728. The zero-order chi connectivity index (χ0) is 12.7. The monoisotopic (exact) mass is 238 g/mol. The van der Waals surface area contributed by atoms with E-state index in [4.69, 9.17) is 5.73 Å². The van der Waals surface area contributed by atoms with Gasteiger partial charge in [-0.05, 0) is 37.6 Å². The Labute approximate surface area is 105 Å². The summed E-state index contributed by atoms with van der Waals surface area (Å²) in [6.07, 6.45) is 0. The van der Waals surface area contributed by atoms with E-state index < -0.39 is 0 Å². The number of hydrogen-bond donors (Lipinski definition) is 2. The lowest BCUT2D eigenvalue weighted by atomic mass is 10.1. The second-order valence-electron chi connectivity index (χ2n) is 4.45. The molecule has 90 valence electrons. The molecule has 2 heterocycles. The molecule has 18 heavy (non-hydrogen) atoms. The molecular formula is C14H14N4. The van der Waals surface area contributed by atoms with E-state index in [1.807, 2.05) is 44.2 Å². The van der Waals surface area contributed by atoms with Crippen molar-refractivity contribution in [1.82, 2.24) is 15.0 Å². The van der Waals surface area contributed by atoms with E-state index in [0.29, 0.717) is 0 Å². The van der Waals surface area contributed by atoms with Crippen molar-refractivity contribution >= 4 is 16.9 Å². The van der Waals surface area contributed by atoms with Crippen LogP contribution in [-0.2, 0) is 0 Å². The first kappa shape index (κ1) is 10.8. The number of pyridine rings is 1. The Bertz CT molecular complexity index is 728. The van der Waals surface area contributed by atoms with E-state index in [9.17, 15) is 0 Å². The molecule has 4 heteroatoms. The quantitative estimate of drug-likeness (QED) is 0.640. The van der Waals surface area contributed by atoms with E-state index in [-0.39, 0.29) is 0 Å². The molecule has 0 bridgehead atoms. The molecule has 2 aromatic heterocycles. The summed E-state index contributed by atoms with van der Waals surface area (Å²) in [5.41, 5.74) is 11.4. The van der Waals surface area contributed by atoms with Gasteiger partial charge >= 0.3 is 0 Å². The van der Waals surface area contributed by atoms with Crippen molar-refractivity contribution in [3.63, 3.8) is 0 Å². The topological polar surface area (TPSA) is 67.6 Å². The molecule has 3 rings (SSSR count). The number of hydrogen-bond acceptors (Lipinski definition) is 3. The van der Waals surface area contributed by atoms with Crippen LogP contribution in [0.4, 0.5) is 5.69 Å². The van der Waals surface area contributed by atoms with Crippen LogP contribution in [0.3, 0.4) is 0 Å². The van der Waals surface area contributed by atoms with Crippen LogP contribution < -0.4 is 5.73 Å². The number of nitrogen functional groups attached to an aromatic ring is 1. The zero-order valence-corrected chi connectivity index (χ0v) is 10.4. The summed E-state index contributed by atoms with van der Waals surface area (Å²) in [6.45, 7) is 3.94. The Morgan fingerprint density at radius 2 is 1.89 bits per heavy atom. The van der Waals surface area contributed by atoms with Gasteiger partial charge in [0, 0.05) is 16.9 Å². The molecule has 0 saturated heterocycles. The molecule has 0 amide bonds. The third-order valence-corrected chi connectivity index (χ3v) is 3.06. The summed E-state index contributed by atoms with van der Waals surface area (Å²) >= 11 is 0. The average Bonchev–Trinajstić information content (AvgIpc) is 2.75. The highest BCUT2D eigenvalue weighted by Gasteiger charge is 2.10. The number of anilines is 1. The molecule has 0 aliphatic rings. The fraction of sp³-hybridized carbons (Fsp3) is 0.143. The highest BCUT2D eigenvalue weighted by molar-refractivity contribution is 5.81. The molecule has 0 aliphatic carbocycles. The number of imidazole rings is 1. The molecular weight excluding hydrogens is 224 g/mol. The van der Waals surface area contributed by atoms with E-state index in [0.717, 1.165) is 39.5 Å². The van der Waals surface area contributed by atoms with Crippen LogP contribution in [0.15, 0.2) is 30.3 Å². The molecule has 0 unspecified atom stereocenters. The van der Waals surface area contributed by atoms with Crippen LogP contribution in [-0.4, -0.2) is 15.0 Å². The van der Waals surface area contributed by atoms with Gasteiger partial charge in [-0.15, -0.1) is 0 Å².